The first-order chi connectivity index (χ1) is 15.4. The number of piperidine rings is 1. The number of carbonyl (C=O) groups excluding carboxylic acids is 2. The van der Waals surface area contributed by atoms with Crippen LogP contribution in [0.1, 0.15) is 50.2 Å². The van der Waals surface area contributed by atoms with E-state index in [1.807, 2.05) is 0 Å². The molecule has 3 aromatic rings. The number of hydrogen-bond donors (Lipinski definition) is 1. The van der Waals surface area contributed by atoms with Gasteiger partial charge in [-0.1, -0.05) is 29.8 Å². The van der Waals surface area contributed by atoms with E-state index < -0.39 is 11.7 Å². The van der Waals surface area contributed by atoms with Gasteiger partial charge in [0.05, 0.1) is 15.6 Å². The maximum Gasteiger partial charge on any atom is 0.271 e. The van der Waals surface area contributed by atoms with Crippen LogP contribution in [0, 0.1) is 11.6 Å². The van der Waals surface area contributed by atoms with Gasteiger partial charge in [-0.25, -0.2) is 13.8 Å². The number of nitrogens with one attached hydrogen (secondary N) is 1. The maximum atomic E-state index is 14.1. The number of benzene rings is 2. The molecule has 1 saturated heterocycles. The third-order valence-corrected chi connectivity index (χ3v) is 6.75. The Bertz CT molecular complexity index is 1110. The largest absolute Gasteiger partial charge is 0.347 e. The van der Waals surface area contributed by atoms with Crippen molar-refractivity contribution in [2.45, 2.75) is 25.3 Å². The quantitative estimate of drug-likeness (QED) is 0.563. The summed E-state index contributed by atoms with van der Waals surface area (Å²) in [6.07, 6.45) is 1.34. The molecule has 0 saturated carbocycles. The number of aromatic nitrogens is 1. The van der Waals surface area contributed by atoms with Crippen LogP contribution in [0.5, 0.6) is 0 Å². The lowest BCUT2D eigenvalue weighted by Gasteiger charge is -2.31. The second kappa shape index (κ2) is 9.75. The van der Waals surface area contributed by atoms with Crippen molar-refractivity contribution >= 4 is 34.8 Å². The second-order valence-electron chi connectivity index (χ2n) is 7.54. The van der Waals surface area contributed by atoms with Crippen LogP contribution in [0.4, 0.5) is 8.78 Å². The van der Waals surface area contributed by atoms with Crippen molar-refractivity contribution in [3.63, 3.8) is 0 Å². The highest BCUT2D eigenvalue weighted by molar-refractivity contribution is 7.09. The Hall–Kier alpha value is -2.84. The van der Waals surface area contributed by atoms with Gasteiger partial charge in [-0.15, -0.1) is 11.3 Å². The highest BCUT2D eigenvalue weighted by Crippen LogP contribution is 2.32. The lowest BCUT2D eigenvalue weighted by Crippen LogP contribution is -2.38. The van der Waals surface area contributed by atoms with Crippen molar-refractivity contribution in [3.05, 3.63) is 86.3 Å². The van der Waals surface area contributed by atoms with Gasteiger partial charge in [0.25, 0.3) is 11.8 Å². The van der Waals surface area contributed by atoms with E-state index in [0.717, 1.165) is 10.6 Å². The van der Waals surface area contributed by atoms with Gasteiger partial charge in [0.2, 0.25) is 0 Å². The molecule has 2 aromatic carbocycles. The molecule has 0 unspecified atom stereocenters. The molecular formula is C23H20ClF2N3O2S. The zero-order valence-corrected chi connectivity index (χ0v) is 18.6. The third kappa shape index (κ3) is 4.97. The number of rotatable bonds is 5. The normalized spacial score (nSPS) is 14.4. The Balaban J connectivity index is 1.33. The van der Waals surface area contributed by atoms with E-state index in [9.17, 15) is 18.4 Å². The smallest absolute Gasteiger partial charge is 0.271 e. The zero-order chi connectivity index (χ0) is 22.7. The molecule has 1 aliphatic rings. The van der Waals surface area contributed by atoms with Crippen LogP contribution < -0.4 is 5.32 Å². The summed E-state index contributed by atoms with van der Waals surface area (Å²) in [5.74, 6) is -1.53. The van der Waals surface area contributed by atoms with Gasteiger partial charge in [0.1, 0.15) is 17.3 Å². The third-order valence-electron chi connectivity index (χ3n) is 5.43. The molecule has 1 N–H and O–H groups in total. The minimum absolute atomic E-state index is 0.0954. The summed E-state index contributed by atoms with van der Waals surface area (Å²) in [5, 5.41) is 5.44. The van der Waals surface area contributed by atoms with Crippen LogP contribution in [-0.4, -0.2) is 34.8 Å². The van der Waals surface area contributed by atoms with E-state index in [0.29, 0.717) is 31.6 Å². The van der Waals surface area contributed by atoms with Crippen molar-refractivity contribution in [3.8, 4) is 0 Å². The van der Waals surface area contributed by atoms with Gasteiger partial charge in [-0.3, -0.25) is 9.59 Å². The van der Waals surface area contributed by atoms with E-state index in [2.05, 4.69) is 10.3 Å². The summed E-state index contributed by atoms with van der Waals surface area (Å²) in [6.45, 7) is 1.20. The molecule has 32 heavy (non-hydrogen) atoms. The average Bonchev–Trinajstić information content (AvgIpc) is 3.29. The number of halogens is 3. The predicted octanol–water partition coefficient (Wildman–Crippen LogP) is 5.02. The minimum atomic E-state index is -0.624. The fourth-order valence-electron chi connectivity index (χ4n) is 3.64. The van der Waals surface area contributed by atoms with Crippen LogP contribution in [0.25, 0.3) is 0 Å². The molecule has 0 spiro atoms. The number of likely N-dealkylation sites (tertiary alicyclic amines) is 1. The van der Waals surface area contributed by atoms with Gasteiger partial charge < -0.3 is 10.2 Å². The molecule has 0 radical (unpaired) electrons. The topological polar surface area (TPSA) is 62.3 Å². The molecule has 1 aliphatic heterocycles. The van der Waals surface area contributed by atoms with Crippen molar-refractivity contribution in [1.29, 1.82) is 0 Å². The van der Waals surface area contributed by atoms with Gasteiger partial charge >= 0.3 is 0 Å². The Kier molecular flexibility index (Phi) is 6.81. The van der Waals surface area contributed by atoms with Gasteiger partial charge in [0, 0.05) is 30.9 Å². The molecule has 4 rings (SSSR count). The van der Waals surface area contributed by atoms with Crippen LogP contribution in [-0.2, 0) is 6.54 Å². The number of nitrogens with zero attached hydrogens (tertiary/aromatic N) is 2. The molecule has 9 heteroatoms. The molecule has 0 aliphatic carbocycles. The maximum absolute atomic E-state index is 14.1. The Morgan fingerprint density at radius 3 is 2.53 bits per heavy atom. The molecule has 2 heterocycles. The van der Waals surface area contributed by atoms with Crippen molar-refractivity contribution in [1.82, 2.24) is 15.2 Å². The molecule has 166 valence electrons. The number of hydrogen-bond acceptors (Lipinski definition) is 4. The lowest BCUT2D eigenvalue weighted by molar-refractivity contribution is 0.0708. The number of carbonyl (C=O) groups is 2. The monoisotopic (exact) mass is 475 g/mol. The first-order valence-electron chi connectivity index (χ1n) is 10.1. The first-order valence-corrected chi connectivity index (χ1v) is 11.4. The molecule has 0 bridgehead atoms. The molecular weight excluding hydrogens is 456 g/mol. The highest BCUT2D eigenvalue weighted by Gasteiger charge is 2.29. The van der Waals surface area contributed by atoms with E-state index in [1.54, 1.807) is 22.4 Å². The zero-order valence-electron chi connectivity index (χ0n) is 17.0. The van der Waals surface area contributed by atoms with Crippen LogP contribution in [0.3, 0.4) is 0 Å². The van der Waals surface area contributed by atoms with Gasteiger partial charge in [0.15, 0.2) is 0 Å². The van der Waals surface area contributed by atoms with Crippen LogP contribution in [0.15, 0.2) is 47.8 Å². The summed E-state index contributed by atoms with van der Waals surface area (Å²) >= 11 is 7.43. The Labute approximate surface area is 193 Å². The van der Waals surface area contributed by atoms with E-state index in [-0.39, 0.29) is 34.8 Å². The minimum Gasteiger partial charge on any atom is -0.347 e. The summed E-state index contributed by atoms with van der Waals surface area (Å²) in [4.78, 5) is 31.2. The van der Waals surface area contributed by atoms with Crippen LogP contribution >= 0.6 is 22.9 Å². The Morgan fingerprint density at radius 1 is 1.12 bits per heavy atom. The fraction of sp³-hybridized carbons (Fsp3) is 0.261. The highest BCUT2D eigenvalue weighted by atomic mass is 35.5. The summed E-state index contributed by atoms with van der Waals surface area (Å²) in [6, 6.07) is 10.1. The fourth-order valence-corrected chi connectivity index (χ4v) is 4.86. The van der Waals surface area contributed by atoms with Gasteiger partial charge in [-0.2, -0.15) is 0 Å². The van der Waals surface area contributed by atoms with Crippen molar-refractivity contribution < 1.29 is 18.4 Å². The lowest BCUT2D eigenvalue weighted by atomic mass is 9.97. The molecule has 1 aromatic heterocycles. The van der Waals surface area contributed by atoms with E-state index in [4.69, 9.17) is 11.6 Å². The number of thiazole rings is 1. The second-order valence-corrected chi connectivity index (χ2v) is 8.84. The molecule has 2 amide bonds. The predicted molar refractivity (Wildman–Crippen MR) is 119 cm³/mol. The average molecular weight is 476 g/mol. The van der Waals surface area contributed by atoms with Gasteiger partial charge in [-0.05, 0) is 42.7 Å². The molecule has 0 atom stereocenters. The van der Waals surface area contributed by atoms with E-state index >= 15 is 0 Å². The first kappa shape index (κ1) is 22.4. The summed E-state index contributed by atoms with van der Waals surface area (Å²) in [5.41, 5.74) is 1.04. The molecule has 5 nitrogen and oxygen atoms in total. The molecule has 1 fully saturated rings. The SMILES string of the molecule is O=C(NCc1ccc(F)cc1)c1csc(C2CCN(C(=O)c3c(F)cccc3Cl)CC2)n1. The van der Waals surface area contributed by atoms with Crippen molar-refractivity contribution in [2.75, 3.05) is 13.1 Å². The number of amides is 2. The summed E-state index contributed by atoms with van der Waals surface area (Å²) < 4.78 is 27.1. The standard InChI is InChI=1S/C23H20ClF2N3O2S/c24-17-2-1-3-18(26)20(17)23(31)29-10-8-15(9-11-29)22-28-19(13-32-22)21(30)27-12-14-4-6-16(25)7-5-14/h1-7,13,15H,8-12H2,(H,27,30). The summed E-state index contributed by atoms with van der Waals surface area (Å²) in [7, 11) is 0. The van der Waals surface area contributed by atoms with E-state index in [1.165, 1.54) is 41.7 Å². The van der Waals surface area contributed by atoms with Crippen LogP contribution in [0.2, 0.25) is 5.02 Å². The Morgan fingerprint density at radius 2 is 1.84 bits per heavy atom. The van der Waals surface area contributed by atoms with Crippen molar-refractivity contribution in [2.24, 2.45) is 0 Å².